The smallest absolute Gasteiger partial charge is 0.227 e. The van der Waals surface area contributed by atoms with Gasteiger partial charge in [-0.1, -0.05) is 13.0 Å². The molecule has 2 atom stereocenters. The van der Waals surface area contributed by atoms with Crippen molar-refractivity contribution in [1.82, 2.24) is 29.6 Å². The van der Waals surface area contributed by atoms with Crippen molar-refractivity contribution in [2.75, 3.05) is 31.1 Å². The van der Waals surface area contributed by atoms with E-state index in [1.807, 2.05) is 26.2 Å². The average Bonchev–Trinajstić information content (AvgIpc) is 3.63. The molecular formula is C30H38FN7O2. The van der Waals surface area contributed by atoms with Crippen LogP contribution in [0.4, 0.5) is 10.3 Å². The summed E-state index contributed by atoms with van der Waals surface area (Å²) in [6.45, 7) is 8.34. The number of amides is 1. The van der Waals surface area contributed by atoms with E-state index >= 15 is 0 Å². The fourth-order valence-electron chi connectivity index (χ4n) is 6.31. The Hall–Kier alpha value is -3.56. The van der Waals surface area contributed by atoms with E-state index in [1.54, 1.807) is 17.0 Å². The molecule has 0 radical (unpaired) electrons. The first-order valence-electron chi connectivity index (χ1n) is 14.6. The van der Waals surface area contributed by atoms with Gasteiger partial charge in [-0.25, -0.2) is 14.4 Å². The summed E-state index contributed by atoms with van der Waals surface area (Å²) in [5, 5.41) is 8.41. The van der Waals surface area contributed by atoms with Crippen molar-refractivity contribution in [3.05, 3.63) is 59.2 Å². The van der Waals surface area contributed by atoms with Gasteiger partial charge in [0.2, 0.25) is 11.9 Å². The number of rotatable bonds is 9. The van der Waals surface area contributed by atoms with Gasteiger partial charge in [0.15, 0.2) is 5.82 Å². The predicted molar refractivity (Wildman–Crippen MR) is 148 cm³/mol. The van der Waals surface area contributed by atoms with Crippen LogP contribution in [-0.4, -0.2) is 61.8 Å². The van der Waals surface area contributed by atoms with Crippen LogP contribution in [0.5, 0.6) is 5.75 Å². The standard InChI is InChI=1S/C30H38FN7O2/c1-3-27-34-35-28-19-37(11-12-38(27)28)29(39)15-23-4-5-24(16-26(23)31)40-13-8-22-14-25(22)21-6-9-36(10-7-21)30-32-17-20(2)18-33-30/h4-5,16-18,21-22,25H,3,6-15,19H2,1-2H3/t22-,25-/m1/s1. The number of hydrogen-bond donors (Lipinski definition) is 0. The molecule has 9 nitrogen and oxygen atoms in total. The molecule has 1 saturated heterocycles. The van der Waals surface area contributed by atoms with Crippen LogP contribution < -0.4 is 9.64 Å². The lowest BCUT2D eigenvalue weighted by Crippen LogP contribution is -2.39. The van der Waals surface area contributed by atoms with E-state index in [2.05, 4.69) is 29.6 Å². The number of carbonyl (C=O) groups is 1. The molecule has 1 saturated carbocycles. The molecule has 40 heavy (non-hydrogen) atoms. The largest absolute Gasteiger partial charge is 0.493 e. The number of hydrogen-bond acceptors (Lipinski definition) is 7. The maximum atomic E-state index is 14.9. The van der Waals surface area contributed by atoms with Crippen LogP contribution in [0.2, 0.25) is 0 Å². The molecule has 0 spiro atoms. The van der Waals surface area contributed by atoms with Crippen LogP contribution in [0.25, 0.3) is 0 Å². The number of piperidine rings is 1. The van der Waals surface area contributed by atoms with Gasteiger partial charge in [0, 0.05) is 51.1 Å². The molecule has 6 rings (SSSR count). The maximum Gasteiger partial charge on any atom is 0.227 e. The Morgan fingerprint density at radius 1 is 1.10 bits per heavy atom. The topological polar surface area (TPSA) is 89.3 Å². The first-order valence-corrected chi connectivity index (χ1v) is 14.6. The Morgan fingerprint density at radius 2 is 1.90 bits per heavy atom. The lowest BCUT2D eigenvalue weighted by atomic mass is 9.90. The number of halogens is 1. The molecule has 1 aromatic carbocycles. The van der Waals surface area contributed by atoms with Gasteiger partial charge < -0.3 is 19.1 Å². The van der Waals surface area contributed by atoms with Crippen molar-refractivity contribution in [3.8, 4) is 5.75 Å². The number of carbonyl (C=O) groups excluding carboxylic acids is 1. The second-order valence-corrected chi connectivity index (χ2v) is 11.5. The Kier molecular flexibility index (Phi) is 7.67. The highest BCUT2D eigenvalue weighted by atomic mass is 19.1. The fourth-order valence-corrected chi connectivity index (χ4v) is 6.31. The van der Waals surface area contributed by atoms with Crippen molar-refractivity contribution in [1.29, 1.82) is 0 Å². The Labute approximate surface area is 234 Å². The van der Waals surface area contributed by atoms with Gasteiger partial charge in [-0.05, 0) is 67.6 Å². The van der Waals surface area contributed by atoms with Gasteiger partial charge in [0.05, 0.1) is 19.6 Å². The third-order valence-corrected chi connectivity index (χ3v) is 8.79. The van der Waals surface area contributed by atoms with E-state index in [0.717, 1.165) is 60.9 Å². The molecule has 0 N–H and O–H groups in total. The van der Waals surface area contributed by atoms with Gasteiger partial charge in [-0.2, -0.15) is 0 Å². The normalized spacial score (nSPS) is 20.9. The number of aromatic nitrogens is 5. The molecule has 0 unspecified atom stereocenters. The van der Waals surface area contributed by atoms with Crippen molar-refractivity contribution in [2.45, 2.75) is 65.5 Å². The van der Waals surface area contributed by atoms with Crippen LogP contribution in [0.3, 0.4) is 0 Å². The second-order valence-electron chi connectivity index (χ2n) is 11.5. The molecule has 3 aromatic rings. The van der Waals surface area contributed by atoms with E-state index in [4.69, 9.17) is 4.74 Å². The van der Waals surface area contributed by atoms with Gasteiger partial charge in [-0.3, -0.25) is 4.79 Å². The highest BCUT2D eigenvalue weighted by Crippen LogP contribution is 2.49. The SMILES string of the molecule is CCc1nnc2n1CCN(C(=O)Cc1ccc(OCC[C@@H]3C[C@@H]3C3CCN(c4ncc(C)cn4)CC3)cc1F)C2. The minimum Gasteiger partial charge on any atom is -0.493 e. The first kappa shape index (κ1) is 26.7. The molecule has 2 aliphatic heterocycles. The van der Waals surface area contributed by atoms with Crippen molar-refractivity contribution >= 4 is 11.9 Å². The molecule has 1 amide bonds. The van der Waals surface area contributed by atoms with Crippen LogP contribution in [0.15, 0.2) is 30.6 Å². The van der Waals surface area contributed by atoms with Crippen molar-refractivity contribution in [3.63, 3.8) is 0 Å². The van der Waals surface area contributed by atoms with E-state index in [9.17, 15) is 9.18 Å². The number of anilines is 1. The summed E-state index contributed by atoms with van der Waals surface area (Å²) < 4.78 is 22.8. The molecule has 212 valence electrons. The predicted octanol–water partition coefficient (Wildman–Crippen LogP) is 3.98. The summed E-state index contributed by atoms with van der Waals surface area (Å²) in [6.07, 6.45) is 9.23. The van der Waals surface area contributed by atoms with Crippen LogP contribution >= 0.6 is 0 Å². The summed E-state index contributed by atoms with van der Waals surface area (Å²) in [4.78, 5) is 25.9. The zero-order chi connectivity index (χ0) is 27.6. The molecule has 1 aliphatic carbocycles. The number of fused-ring (bicyclic) bond motifs is 1. The van der Waals surface area contributed by atoms with E-state index in [1.165, 1.54) is 25.3 Å². The molecule has 2 aromatic heterocycles. The highest BCUT2D eigenvalue weighted by molar-refractivity contribution is 5.79. The lowest BCUT2D eigenvalue weighted by Gasteiger charge is -2.32. The number of ether oxygens (including phenoxy) is 1. The quantitative estimate of drug-likeness (QED) is 0.400. The molecule has 2 fully saturated rings. The fraction of sp³-hybridized carbons (Fsp3) is 0.567. The second kappa shape index (κ2) is 11.5. The highest BCUT2D eigenvalue weighted by Gasteiger charge is 2.43. The van der Waals surface area contributed by atoms with Crippen molar-refractivity contribution in [2.24, 2.45) is 17.8 Å². The van der Waals surface area contributed by atoms with Crippen LogP contribution in [0.1, 0.15) is 55.4 Å². The Bertz CT molecular complexity index is 1340. The first-order chi connectivity index (χ1) is 19.5. The maximum absolute atomic E-state index is 14.9. The number of nitrogens with zero attached hydrogens (tertiary/aromatic N) is 7. The summed E-state index contributed by atoms with van der Waals surface area (Å²) in [7, 11) is 0. The van der Waals surface area contributed by atoms with Gasteiger partial charge >= 0.3 is 0 Å². The minimum atomic E-state index is -0.395. The molecule has 0 bridgehead atoms. The number of aryl methyl sites for hydroxylation is 2. The Morgan fingerprint density at radius 3 is 2.65 bits per heavy atom. The van der Waals surface area contributed by atoms with Gasteiger partial charge in [0.1, 0.15) is 17.4 Å². The van der Waals surface area contributed by atoms with Gasteiger partial charge in [-0.15, -0.1) is 10.2 Å². The third-order valence-electron chi connectivity index (χ3n) is 8.79. The zero-order valence-corrected chi connectivity index (χ0v) is 23.4. The number of benzene rings is 1. The molecule has 3 aliphatic rings. The summed E-state index contributed by atoms with van der Waals surface area (Å²) in [6, 6.07) is 4.87. The van der Waals surface area contributed by atoms with Crippen molar-refractivity contribution < 1.29 is 13.9 Å². The Balaban J connectivity index is 0.924. The summed E-state index contributed by atoms with van der Waals surface area (Å²) in [5.74, 6) is 4.82. The lowest BCUT2D eigenvalue weighted by molar-refractivity contribution is -0.132. The van der Waals surface area contributed by atoms with Crippen LogP contribution in [-0.2, 0) is 30.7 Å². The van der Waals surface area contributed by atoms with Gasteiger partial charge in [0.25, 0.3) is 0 Å². The monoisotopic (exact) mass is 547 g/mol. The minimum absolute atomic E-state index is 0.0273. The summed E-state index contributed by atoms with van der Waals surface area (Å²) >= 11 is 0. The van der Waals surface area contributed by atoms with E-state index in [-0.39, 0.29) is 12.3 Å². The molecular weight excluding hydrogens is 509 g/mol. The molecule has 10 heteroatoms. The third kappa shape index (κ3) is 5.81. The summed E-state index contributed by atoms with van der Waals surface area (Å²) in [5.41, 5.74) is 1.48. The van der Waals surface area contributed by atoms with Crippen LogP contribution in [0, 0.1) is 30.5 Å². The average molecular weight is 548 g/mol. The zero-order valence-electron chi connectivity index (χ0n) is 23.4. The molecule has 4 heterocycles. The van der Waals surface area contributed by atoms with E-state index in [0.29, 0.717) is 43.5 Å². The van der Waals surface area contributed by atoms with E-state index < -0.39 is 5.82 Å².